The van der Waals surface area contributed by atoms with Gasteiger partial charge in [0.05, 0.1) is 6.04 Å². The van der Waals surface area contributed by atoms with Gasteiger partial charge >= 0.3 is 0 Å². The lowest BCUT2D eigenvalue weighted by Crippen LogP contribution is -2.11. The molecule has 0 saturated carbocycles. The van der Waals surface area contributed by atoms with Crippen LogP contribution in [0.15, 0.2) is 35.3 Å². The van der Waals surface area contributed by atoms with Crippen molar-refractivity contribution in [3.63, 3.8) is 0 Å². The molecule has 0 amide bonds. The van der Waals surface area contributed by atoms with Crippen molar-refractivity contribution in [3.8, 4) is 0 Å². The van der Waals surface area contributed by atoms with E-state index < -0.39 is 0 Å². The van der Waals surface area contributed by atoms with Gasteiger partial charge in [-0.3, -0.25) is 0 Å². The van der Waals surface area contributed by atoms with Crippen LogP contribution in [-0.4, -0.2) is 18.7 Å². The average molecular weight is 176 g/mol. The Labute approximate surface area is 77.2 Å². The van der Waals surface area contributed by atoms with Gasteiger partial charge in [0.1, 0.15) is 6.61 Å². The van der Waals surface area contributed by atoms with Crippen molar-refractivity contribution in [3.05, 3.63) is 35.9 Å². The quantitative estimate of drug-likeness (QED) is 0.729. The molecule has 0 radical (unpaired) electrons. The zero-order valence-corrected chi connectivity index (χ0v) is 7.31. The van der Waals surface area contributed by atoms with Crippen molar-refractivity contribution in [2.45, 2.75) is 12.5 Å². The summed E-state index contributed by atoms with van der Waals surface area (Å²) < 4.78 is 5.07. The van der Waals surface area contributed by atoms with E-state index in [1.807, 2.05) is 18.2 Å². The molecule has 0 aliphatic carbocycles. The third-order valence-electron chi connectivity index (χ3n) is 2.05. The van der Waals surface area contributed by atoms with E-state index in [2.05, 4.69) is 17.1 Å². The molecule has 0 aromatic heterocycles. The van der Waals surface area contributed by atoms with Gasteiger partial charge in [-0.15, -0.1) is 0 Å². The number of nitrogens with zero attached hydrogens (tertiary/aromatic N) is 1. The monoisotopic (exact) mass is 176 g/mol. The first-order chi connectivity index (χ1) is 6.34. The predicted molar refractivity (Wildman–Crippen MR) is 51.5 cm³/mol. The van der Waals surface area contributed by atoms with Crippen molar-refractivity contribution in [2.75, 3.05) is 6.61 Å². The van der Waals surface area contributed by atoms with Crippen LogP contribution in [0.4, 0.5) is 0 Å². The SMILES string of the molecule is NC1=NC(Cc2ccccc2)CO1. The van der Waals surface area contributed by atoms with Gasteiger partial charge in [0.2, 0.25) is 0 Å². The third kappa shape index (κ3) is 1.99. The van der Waals surface area contributed by atoms with Gasteiger partial charge in [-0.05, 0) is 12.0 Å². The van der Waals surface area contributed by atoms with Gasteiger partial charge in [0, 0.05) is 0 Å². The number of benzene rings is 1. The molecule has 1 aromatic carbocycles. The van der Waals surface area contributed by atoms with Crippen molar-refractivity contribution >= 4 is 6.02 Å². The lowest BCUT2D eigenvalue weighted by Gasteiger charge is -2.03. The summed E-state index contributed by atoms with van der Waals surface area (Å²) in [6, 6.07) is 10.7. The highest BCUT2D eigenvalue weighted by Crippen LogP contribution is 2.09. The van der Waals surface area contributed by atoms with Gasteiger partial charge in [-0.1, -0.05) is 30.3 Å². The van der Waals surface area contributed by atoms with Crippen LogP contribution in [0.5, 0.6) is 0 Å². The van der Waals surface area contributed by atoms with Gasteiger partial charge < -0.3 is 10.5 Å². The minimum absolute atomic E-state index is 0.197. The van der Waals surface area contributed by atoms with E-state index in [9.17, 15) is 0 Å². The van der Waals surface area contributed by atoms with Crippen molar-refractivity contribution in [1.29, 1.82) is 0 Å². The summed E-state index contributed by atoms with van der Waals surface area (Å²) in [7, 11) is 0. The Bertz CT molecular complexity index is 308. The standard InChI is InChI=1S/C10H12N2O/c11-10-12-9(7-13-10)6-8-4-2-1-3-5-8/h1-5,9H,6-7H2,(H2,11,12). The maximum atomic E-state index is 5.41. The van der Waals surface area contributed by atoms with Gasteiger partial charge in [0.25, 0.3) is 6.02 Å². The summed E-state index contributed by atoms with van der Waals surface area (Å²) in [6.07, 6.45) is 0.904. The fraction of sp³-hybridized carbons (Fsp3) is 0.300. The van der Waals surface area contributed by atoms with Crippen molar-refractivity contribution in [1.82, 2.24) is 0 Å². The number of hydrogen-bond acceptors (Lipinski definition) is 3. The normalized spacial score (nSPS) is 20.9. The molecule has 68 valence electrons. The Morgan fingerprint density at radius 3 is 2.77 bits per heavy atom. The molecule has 3 heteroatoms. The molecule has 0 saturated heterocycles. The molecule has 0 bridgehead atoms. The molecule has 1 aromatic rings. The number of amidine groups is 1. The highest BCUT2D eigenvalue weighted by atomic mass is 16.5. The van der Waals surface area contributed by atoms with Crippen molar-refractivity contribution < 1.29 is 4.74 Å². The first kappa shape index (κ1) is 8.10. The predicted octanol–water partition coefficient (Wildman–Crippen LogP) is 0.943. The number of hydrogen-bond donors (Lipinski definition) is 1. The van der Waals surface area contributed by atoms with Crippen molar-refractivity contribution in [2.24, 2.45) is 10.7 Å². The smallest absolute Gasteiger partial charge is 0.282 e. The Kier molecular flexibility index (Phi) is 2.17. The second-order valence-corrected chi connectivity index (χ2v) is 3.12. The Hall–Kier alpha value is -1.51. The van der Waals surface area contributed by atoms with Crippen LogP contribution in [0.25, 0.3) is 0 Å². The average Bonchev–Trinajstić information content (AvgIpc) is 2.53. The van der Waals surface area contributed by atoms with Crippen LogP contribution >= 0.6 is 0 Å². The molecule has 1 atom stereocenters. The van der Waals surface area contributed by atoms with E-state index in [1.54, 1.807) is 0 Å². The Balaban J connectivity index is 2.00. The Morgan fingerprint density at radius 1 is 1.38 bits per heavy atom. The van der Waals surface area contributed by atoms with Crippen LogP contribution in [0.3, 0.4) is 0 Å². The molecule has 1 heterocycles. The molecule has 13 heavy (non-hydrogen) atoms. The lowest BCUT2D eigenvalue weighted by atomic mass is 10.1. The van der Waals surface area contributed by atoms with E-state index in [4.69, 9.17) is 10.5 Å². The van der Waals surface area contributed by atoms with Crippen LogP contribution in [0.2, 0.25) is 0 Å². The number of aliphatic imine (C=N–C) groups is 1. The second kappa shape index (κ2) is 3.47. The number of ether oxygens (including phenoxy) is 1. The zero-order valence-electron chi connectivity index (χ0n) is 7.31. The summed E-state index contributed by atoms with van der Waals surface area (Å²) >= 11 is 0. The molecule has 0 fully saturated rings. The minimum atomic E-state index is 0.197. The lowest BCUT2D eigenvalue weighted by molar-refractivity contribution is 0.312. The summed E-state index contributed by atoms with van der Waals surface area (Å²) in [5, 5.41) is 0. The molecule has 1 unspecified atom stereocenters. The van der Waals surface area contributed by atoms with Crippen LogP contribution in [0, 0.1) is 0 Å². The zero-order chi connectivity index (χ0) is 9.10. The number of rotatable bonds is 2. The minimum Gasteiger partial charge on any atom is -0.463 e. The molecule has 2 rings (SSSR count). The largest absolute Gasteiger partial charge is 0.463 e. The van der Waals surface area contributed by atoms with E-state index >= 15 is 0 Å². The fourth-order valence-electron chi connectivity index (χ4n) is 1.43. The molecule has 2 N–H and O–H groups in total. The summed E-state index contributed by atoms with van der Waals surface area (Å²) in [4.78, 5) is 4.16. The molecule has 1 aliphatic heterocycles. The van der Waals surface area contributed by atoms with E-state index in [1.165, 1.54) is 5.56 Å². The van der Waals surface area contributed by atoms with Gasteiger partial charge in [-0.25, -0.2) is 4.99 Å². The molecule has 0 spiro atoms. The van der Waals surface area contributed by atoms with E-state index in [0.29, 0.717) is 12.6 Å². The summed E-state index contributed by atoms with van der Waals surface area (Å²) in [6.45, 7) is 0.612. The highest BCUT2D eigenvalue weighted by Gasteiger charge is 2.16. The van der Waals surface area contributed by atoms with E-state index in [-0.39, 0.29) is 6.04 Å². The molecular formula is C10H12N2O. The molecule has 1 aliphatic rings. The molecular weight excluding hydrogens is 164 g/mol. The Morgan fingerprint density at radius 2 is 2.15 bits per heavy atom. The number of nitrogens with two attached hydrogens (primary N) is 1. The van der Waals surface area contributed by atoms with Crippen LogP contribution in [0.1, 0.15) is 5.56 Å². The third-order valence-corrected chi connectivity index (χ3v) is 2.05. The maximum Gasteiger partial charge on any atom is 0.282 e. The summed E-state index contributed by atoms with van der Waals surface area (Å²) in [5.74, 6) is 0. The summed E-state index contributed by atoms with van der Waals surface area (Å²) in [5.41, 5.74) is 6.68. The molecule has 3 nitrogen and oxygen atoms in total. The fourth-order valence-corrected chi connectivity index (χ4v) is 1.43. The highest BCUT2D eigenvalue weighted by molar-refractivity contribution is 5.73. The first-order valence-corrected chi connectivity index (χ1v) is 4.34. The topological polar surface area (TPSA) is 47.6 Å². The van der Waals surface area contributed by atoms with Crippen LogP contribution in [-0.2, 0) is 11.2 Å². The van der Waals surface area contributed by atoms with Gasteiger partial charge in [-0.2, -0.15) is 0 Å². The van der Waals surface area contributed by atoms with Gasteiger partial charge in [0.15, 0.2) is 0 Å². The second-order valence-electron chi connectivity index (χ2n) is 3.12. The maximum absolute atomic E-state index is 5.41. The van der Waals surface area contributed by atoms with Crippen LogP contribution < -0.4 is 5.73 Å². The van der Waals surface area contributed by atoms with E-state index in [0.717, 1.165) is 6.42 Å². The first-order valence-electron chi connectivity index (χ1n) is 4.34.